The van der Waals surface area contributed by atoms with Crippen molar-refractivity contribution in [1.29, 1.82) is 0 Å². The first-order valence-electron chi connectivity index (χ1n) is 6.17. The van der Waals surface area contributed by atoms with E-state index in [0.717, 1.165) is 21.4 Å². The average molecular weight is 410 g/mol. The molecule has 4 nitrogen and oxygen atoms in total. The zero-order chi connectivity index (χ0) is 15.6. The van der Waals surface area contributed by atoms with E-state index in [1.165, 1.54) is 0 Å². The van der Waals surface area contributed by atoms with E-state index in [-0.39, 0.29) is 14.7 Å². The lowest BCUT2D eigenvalue weighted by atomic mass is 10.1. The van der Waals surface area contributed by atoms with Crippen LogP contribution >= 0.6 is 38.9 Å². The second-order valence-corrected chi connectivity index (χ2v) is 9.10. The molecule has 0 bridgehead atoms. The molecule has 0 saturated carbocycles. The quantitative estimate of drug-likeness (QED) is 0.817. The van der Waals surface area contributed by atoms with Gasteiger partial charge in [0.05, 0.1) is 5.69 Å². The largest absolute Gasteiger partial charge is 0.252 e. The highest BCUT2D eigenvalue weighted by Gasteiger charge is 2.23. The summed E-state index contributed by atoms with van der Waals surface area (Å²) in [6.45, 7) is 3.47. The van der Waals surface area contributed by atoms with Gasteiger partial charge in [-0.25, -0.2) is 18.1 Å². The topological polar surface area (TPSA) is 59.1 Å². The molecular formula is C13H14BrClN2O2S2. The van der Waals surface area contributed by atoms with Crippen LogP contribution in [0.1, 0.15) is 18.2 Å². The van der Waals surface area contributed by atoms with Gasteiger partial charge in [0, 0.05) is 10.5 Å². The van der Waals surface area contributed by atoms with Gasteiger partial charge in [0.2, 0.25) is 0 Å². The number of nitrogens with zero attached hydrogens (tertiary/aromatic N) is 1. The van der Waals surface area contributed by atoms with Crippen molar-refractivity contribution in [1.82, 2.24) is 9.71 Å². The maximum Gasteiger partial charge on any atom is 0.252 e. The smallest absolute Gasteiger partial charge is 0.229 e. The summed E-state index contributed by atoms with van der Waals surface area (Å²) in [6.07, 6.45) is 0.609. The number of halogens is 2. The van der Waals surface area contributed by atoms with Crippen LogP contribution in [0.2, 0.25) is 4.47 Å². The third-order valence-electron chi connectivity index (χ3n) is 2.78. The molecule has 0 aliphatic rings. The number of sulfonamides is 1. The Balaban J connectivity index is 2.09. The summed E-state index contributed by atoms with van der Waals surface area (Å²) < 4.78 is 28.7. The van der Waals surface area contributed by atoms with Gasteiger partial charge in [0.25, 0.3) is 10.0 Å². The van der Waals surface area contributed by atoms with Crippen LogP contribution in [0.4, 0.5) is 0 Å². The molecule has 1 unspecified atom stereocenters. The number of rotatable bonds is 5. The van der Waals surface area contributed by atoms with Crippen LogP contribution in [0.5, 0.6) is 0 Å². The predicted molar refractivity (Wildman–Crippen MR) is 89.5 cm³/mol. The average Bonchev–Trinajstić information content (AvgIpc) is 2.71. The van der Waals surface area contributed by atoms with Crippen molar-refractivity contribution in [3.63, 3.8) is 0 Å². The fourth-order valence-corrected chi connectivity index (χ4v) is 5.20. The van der Waals surface area contributed by atoms with E-state index >= 15 is 0 Å². The highest BCUT2D eigenvalue weighted by Crippen LogP contribution is 2.26. The first-order chi connectivity index (χ1) is 9.78. The number of benzene rings is 1. The van der Waals surface area contributed by atoms with E-state index in [0.29, 0.717) is 12.1 Å². The second kappa shape index (κ2) is 6.75. The zero-order valence-corrected chi connectivity index (χ0v) is 15.4. The Labute approximate surface area is 141 Å². The summed E-state index contributed by atoms with van der Waals surface area (Å²) in [4.78, 5) is 3.94. The lowest BCUT2D eigenvalue weighted by Gasteiger charge is -2.13. The minimum absolute atomic E-state index is 0.176. The van der Waals surface area contributed by atoms with Crippen molar-refractivity contribution in [3.8, 4) is 0 Å². The maximum absolute atomic E-state index is 12.3. The molecule has 2 rings (SSSR count). The maximum atomic E-state index is 12.3. The van der Waals surface area contributed by atoms with Crippen LogP contribution in [0.25, 0.3) is 0 Å². The summed E-state index contributed by atoms with van der Waals surface area (Å²) in [7, 11) is -3.59. The number of thiazole rings is 1. The minimum Gasteiger partial charge on any atom is -0.229 e. The van der Waals surface area contributed by atoms with Gasteiger partial charge in [-0.3, -0.25) is 0 Å². The fourth-order valence-electron chi connectivity index (χ4n) is 1.93. The van der Waals surface area contributed by atoms with Gasteiger partial charge in [-0.15, -0.1) is 0 Å². The van der Waals surface area contributed by atoms with Crippen LogP contribution in [0.15, 0.2) is 32.9 Å². The molecule has 0 aliphatic carbocycles. The van der Waals surface area contributed by atoms with Crippen molar-refractivity contribution in [3.05, 3.63) is 44.5 Å². The monoisotopic (exact) mass is 408 g/mol. The second-order valence-electron chi connectivity index (χ2n) is 4.69. The van der Waals surface area contributed by atoms with Crippen molar-refractivity contribution in [2.75, 3.05) is 0 Å². The van der Waals surface area contributed by atoms with Crippen molar-refractivity contribution < 1.29 is 8.42 Å². The molecule has 21 heavy (non-hydrogen) atoms. The van der Waals surface area contributed by atoms with Gasteiger partial charge in [-0.05, 0) is 38.0 Å². The van der Waals surface area contributed by atoms with Crippen molar-refractivity contribution >= 4 is 48.9 Å². The summed E-state index contributed by atoms with van der Waals surface area (Å²) in [6, 6.07) is 7.57. The van der Waals surface area contributed by atoms with E-state index in [1.54, 1.807) is 6.92 Å². The third-order valence-corrected chi connectivity index (χ3v) is 6.77. The summed E-state index contributed by atoms with van der Waals surface area (Å²) in [5.41, 5.74) is 1.49. The van der Waals surface area contributed by atoms with Crippen LogP contribution in [-0.2, 0) is 16.4 Å². The molecule has 8 heteroatoms. The summed E-state index contributed by atoms with van der Waals surface area (Å²) in [5, 5.41) is 0. The Morgan fingerprint density at radius 1 is 1.38 bits per heavy atom. The molecule has 114 valence electrons. The Morgan fingerprint density at radius 3 is 2.52 bits per heavy atom. The summed E-state index contributed by atoms with van der Waals surface area (Å²) in [5.74, 6) is 0. The standard InChI is InChI=1S/C13H14BrClN2O2S2/c1-8(7-10-3-5-11(14)6-4-10)17-21(18,19)12-9(2)16-13(15)20-12/h3-6,8,17H,7H2,1-2H3. The van der Waals surface area contributed by atoms with Crippen LogP contribution in [0.3, 0.4) is 0 Å². The first-order valence-corrected chi connectivity index (χ1v) is 9.64. The molecule has 0 radical (unpaired) electrons. The molecule has 0 amide bonds. The first kappa shape index (κ1) is 16.9. The van der Waals surface area contributed by atoms with Crippen LogP contribution in [0, 0.1) is 6.92 Å². The SMILES string of the molecule is Cc1nc(Cl)sc1S(=O)(=O)NC(C)Cc1ccc(Br)cc1. The highest BCUT2D eigenvalue weighted by atomic mass is 79.9. The van der Waals surface area contributed by atoms with Crippen LogP contribution in [-0.4, -0.2) is 19.4 Å². The van der Waals surface area contributed by atoms with Crippen LogP contribution < -0.4 is 4.72 Å². The molecule has 1 aromatic carbocycles. The summed E-state index contributed by atoms with van der Waals surface area (Å²) >= 11 is 10.1. The normalized spacial score (nSPS) is 13.3. The van der Waals surface area contributed by atoms with Gasteiger partial charge in [0.1, 0.15) is 0 Å². The molecule has 0 spiro atoms. The predicted octanol–water partition coefficient (Wildman–Crippen LogP) is 3.78. The van der Waals surface area contributed by atoms with E-state index in [4.69, 9.17) is 11.6 Å². The number of aryl methyl sites for hydroxylation is 1. The lowest BCUT2D eigenvalue weighted by molar-refractivity contribution is 0.561. The zero-order valence-electron chi connectivity index (χ0n) is 11.4. The molecule has 1 heterocycles. The van der Waals surface area contributed by atoms with E-state index in [2.05, 4.69) is 25.6 Å². The Hall–Kier alpha value is -0.470. The van der Waals surface area contributed by atoms with E-state index in [1.807, 2.05) is 31.2 Å². The lowest BCUT2D eigenvalue weighted by Crippen LogP contribution is -2.34. The Morgan fingerprint density at radius 2 is 2.00 bits per heavy atom. The van der Waals surface area contributed by atoms with Gasteiger partial charge in [-0.1, -0.05) is 51.0 Å². The fraction of sp³-hybridized carbons (Fsp3) is 0.308. The number of hydrogen-bond donors (Lipinski definition) is 1. The number of nitrogens with one attached hydrogen (secondary N) is 1. The third kappa shape index (κ3) is 4.50. The van der Waals surface area contributed by atoms with Gasteiger partial charge >= 0.3 is 0 Å². The van der Waals surface area contributed by atoms with Gasteiger partial charge < -0.3 is 0 Å². The molecule has 1 aromatic heterocycles. The molecular weight excluding hydrogens is 396 g/mol. The van der Waals surface area contributed by atoms with E-state index in [9.17, 15) is 8.42 Å². The Bertz CT molecular complexity index is 729. The van der Waals surface area contributed by atoms with Crippen molar-refractivity contribution in [2.45, 2.75) is 30.5 Å². The highest BCUT2D eigenvalue weighted by molar-refractivity contribution is 9.10. The minimum atomic E-state index is -3.59. The number of hydrogen-bond acceptors (Lipinski definition) is 4. The van der Waals surface area contributed by atoms with Gasteiger partial charge in [-0.2, -0.15) is 0 Å². The molecule has 0 fully saturated rings. The van der Waals surface area contributed by atoms with Gasteiger partial charge in [0.15, 0.2) is 8.68 Å². The van der Waals surface area contributed by atoms with Crippen molar-refractivity contribution in [2.24, 2.45) is 0 Å². The molecule has 1 N–H and O–H groups in total. The molecule has 0 aliphatic heterocycles. The number of aromatic nitrogens is 1. The Kier molecular flexibility index (Phi) is 5.43. The molecule has 1 atom stereocenters. The van der Waals surface area contributed by atoms with E-state index < -0.39 is 10.0 Å². The molecule has 2 aromatic rings. The molecule has 0 saturated heterocycles.